The van der Waals surface area contributed by atoms with Gasteiger partial charge in [0.25, 0.3) is 0 Å². The lowest BCUT2D eigenvalue weighted by Crippen LogP contribution is -2.04. The van der Waals surface area contributed by atoms with Crippen LogP contribution in [0, 0.1) is 11.3 Å². The molecule has 2 N–H and O–H groups in total. The predicted molar refractivity (Wildman–Crippen MR) is 71.1 cm³/mol. The summed E-state index contributed by atoms with van der Waals surface area (Å²) in [5.74, 6) is 0.531. The monoisotopic (exact) mass is 251 g/mol. The third kappa shape index (κ3) is 2.39. The Hall–Kier alpha value is -2.45. The summed E-state index contributed by atoms with van der Waals surface area (Å²) in [6.07, 6.45) is 1.52. The van der Waals surface area contributed by atoms with E-state index >= 15 is 0 Å². The van der Waals surface area contributed by atoms with Crippen LogP contribution in [0.4, 0.5) is 5.82 Å². The van der Waals surface area contributed by atoms with Crippen molar-refractivity contribution in [3.63, 3.8) is 0 Å². The summed E-state index contributed by atoms with van der Waals surface area (Å²) in [7, 11) is 0. The smallest absolute Gasteiger partial charge is 0.166 e. The highest BCUT2D eigenvalue weighted by atomic mass is 15.2. The maximum absolute atomic E-state index is 8.98. The molecule has 5 nitrogen and oxygen atoms in total. The summed E-state index contributed by atoms with van der Waals surface area (Å²) >= 11 is 0. The second kappa shape index (κ2) is 5.04. The lowest BCUT2D eigenvalue weighted by Gasteiger charge is -2.07. The zero-order valence-electron chi connectivity index (χ0n) is 10.3. The molecular formula is C14H13N5. The minimum Gasteiger partial charge on any atom is -0.363 e. The minimum absolute atomic E-state index is 0.512. The first kappa shape index (κ1) is 11.6. The Morgan fingerprint density at radius 2 is 2.16 bits per heavy atom. The molecule has 94 valence electrons. The molecule has 2 heterocycles. The molecule has 0 saturated carbocycles. The van der Waals surface area contributed by atoms with E-state index in [0.29, 0.717) is 17.9 Å². The first-order chi connectivity index (χ1) is 9.36. The third-order valence-electron chi connectivity index (χ3n) is 3.20. The number of nitrogens with one attached hydrogen (secondary N) is 2. The molecule has 0 amide bonds. The molecule has 1 aliphatic heterocycles. The third-order valence-corrected chi connectivity index (χ3v) is 3.20. The lowest BCUT2D eigenvalue weighted by atomic mass is 10.1. The number of nitriles is 1. The number of nitrogens with zero attached hydrogens (tertiary/aromatic N) is 3. The number of hydrogen-bond donors (Lipinski definition) is 2. The second-order valence-electron chi connectivity index (χ2n) is 4.47. The average Bonchev–Trinajstić information content (AvgIpc) is 2.93. The predicted octanol–water partition coefficient (Wildman–Crippen LogP) is 1.56. The number of anilines is 1. The van der Waals surface area contributed by atoms with Crippen molar-refractivity contribution < 1.29 is 0 Å². The lowest BCUT2D eigenvalue weighted by molar-refractivity contribution is 0.764. The Morgan fingerprint density at radius 1 is 1.26 bits per heavy atom. The van der Waals surface area contributed by atoms with Crippen LogP contribution >= 0.6 is 0 Å². The van der Waals surface area contributed by atoms with Gasteiger partial charge in [0.15, 0.2) is 5.82 Å². The van der Waals surface area contributed by atoms with Gasteiger partial charge in [0.1, 0.15) is 6.07 Å². The van der Waals surface area contributed by atoms with Crippen molar-refractivity contribution in [3.8, 4) is 6.07 Å². The van der Waals surface area contributed by atoms with Crippen molar-refractivity contribution in [1.82, 2.24) is 15.5 Å². The highest BCUT2D eigenvalue weighted by Crippen LogP contribution is 2.18. The van der Waals surface area contributed by atoms with Gasteiger partial charge in [0, 0.05) is 19.6 Å². The van der Waals surface area contributed by atoms with Gasteiger partial charge >= 0.3 is 0 Å². The summed E-state index contributed by atoms with van der Waals surface area (Å²) in [5, 5.41) is 23.2. The molecule has 0 unspecified atom stereocenters. The molecule has 0 fully saturated rings. The van der Waals surface area contributed by atoms with Crippen LogP contribution in [-0.2, 0) is 19.6 Å². The molecule has 2 aromatic rings. The van der Waals surface area contributed by atoms with E-state index in [4.69, 9.17) is 5.26 Å². The fourth-order valence-corrected chi connectivity index (χ4v) is 2.20. The van der Waals surface area contributed by atoms with E-state index in [1.54, 1.807) is 6.07 Å². The summed E-state index contributed by atoms with van der Waals surface area (Å²) in [6, 6.07) is 10.2. The number of fused-ring (bicyclic) bond motifs is 1. The van der Waals surface area contributed by atoms with Gasteiger partial charge in [-0.15, -0.1) is 5.10 Å². The maximum Gasteiger partial charge on any atom is 0.166 e. The number of rotatable bonds is 3. The van der Waals surface area contributed by atoms with Crippen LogP contribution in [0.15, 0.2) is 30.5 Å². The fourth-order valence-electron chi connectivity index (χ4n) is 2.20. The molecule has 0 radical (unpaired) electrons. The first-order valence-corrected chi connectivity index (χ1v) is 6.14. The summed E-state index contributed by atoms with van der Waals surface area (Å²) in [4.78, 5) is 0. The van der Waals surface area contributed by atoms with Crippen molar-refractivity contribution in [3.05, 3.63) is 52.7 Å². The topological polar surface area (TPSA) is 73.6 Å². The van der Waals surface area contributed by atoms with Gasteiger partial charge in [0.2, 0.25) is 0 Å². The summed E-state index contributed by atoms with van der Waals surface area (Å²) < 4.78 is 0. The van der Waals surface area contributed by atoms with E-state index in [1.807, 2.05) is 0 Å². The number of hydrogen-bond acceptors (Lipinski definition) is 5. The largest absolute Gasteiger partial charge is 0.363 e. The van der Waals surface area contributed by atoms with Gasteiger partial charge in [-0.1, -0.05) is 18.2 Å². The van der Waals surface area contributed by atoms with Crippen LogP contribution in [0.3, 0.4) is 0 Å². The van der Waals surface area contributed by atoms with E-state index in [1.165, 1.54) is 22.9 Å². The van der Waals surface area contributed by atoms with Crippen LogP contribution in [0.2, 0.25) is 0 Å². The zero-order chi connectivity index (χ0) is 13.1. The Bertz CT molecular complexity index is 645. The van der Waals surface area contributed by atoms with Crippen molar-refractivity contribution >= 4 is 5.82 Å². The molecule has 5 heteroatoms. The van der Waals surface area contributed by atoms with Crippen LogP contribution < -0.4 is 10.6 Å². The first-order valence-electron chi connectivity index (χ1n) is 6.14. The summed E-state index contributed by atoms with van der Waals surface area (Å²) in [5.41, 5.74) is 4.40. The van der Waals surface area contributed by atoms with E-state index in [0.717, 1.165) is 13.1 Å². The zero-order valence-corrected chi connectivity index (χ0v) is 10.3. The van der Waals surface area contributed by atoms with Gasteiger partial charge in [-0.05, 0) is 22.8 Å². The van der Waals surface area contributed by atoms with Gasteiger partial charge in [-0.3, -0.25) is 0 Å². The van der Waals surface area contributed by atoms with Crippen molar-refractivity contribution in [2.75, 3.05) is 5.32 Å². The molecular weight excluding hydrogens is 238 g/mol. The minimum atomic E-state index is 0.512. The van der Waals surface area contributed by atoms with Crippen molar-refractivity contribution in [2.24, 2.45) is 0 Å². The van der Waals surface area contributed by atoms with Gasteiger partial charge in [0.05, 0.1) is 11.8 Å². The standard InChI is InChI=1S/C14H13N5/c15-6-11-3-4-18-19-14(11)17-7-10-1-2-12-8-16-9-13(12)5-10/h1-5,16H,7-9H2,(H,17,19). The highest BCUT2D eigenvalue weighted by molar-refractivity contribution is 5.50. The molecule has 0 aliphatic carbocycles. The fraction of sp³-hybridized carbons (Fsp3) is 0.214. The SMILES string of the molecule is N#Cc1ccnnc1NCc1ccc2c(c1)CNC2. The molecule has 0 atom stereocenters. The highest BCUT2D eigenvalue weighted by Gasteiger charge is 2.10. The van der Waals surface area contributed by atoms with E-state index in [9.17, 15) is 0 Å². The Balaban J connectivity index is 1.74. The Morgan fingerprint density at radius 3 is 3.05 bits per heavy atom. The quantitative estimate of drug-likeness (QED) is 0.866. The molecule has 1 aromatic heterocycles. The molecule has 0 bridgehead atoms. The van der Waals surface area contributed by atoms with E-state index in [-0.39, 0.29) is 0 Å². The number of aromatic nitrogens is 2. The molecule has 1 aromatic carbocycles. The Kier molecular flexibility index (Phi) is 3.09. The van der Waals surface area contributed by atoms with Gasteiger partial charge in [-0.25, -0.2) is 0 Å². The van der Waals surface area contributed by atoms with Crippen molar-refractivity contribution in [1.29, 1.82) is 5.26 Å². The van der Waals surface area contributed by atoms with Crippen LogP contribution in [0.25, 0.3) is 0 Å². The van der Waals surface area contributed by atoms with Crippen molar-refractivity contribution in [2.45, 2.75) is 19.6 Å². The number of benzene rings is 1. The second-order valence-corrected chi connectivity index (χ2v) is 4.47. The Labute approximate surface area is 111 Å². The average molecular weight is 251 g/mol. The van der Waals surface area contributed by atoms with E-state index in [2.05, 4.69) is 45.1 Å². The molecule has 0 spiro atoms. The molecule has 19 heavy (non-hydrogen) atoms. The molecule has 3 rings (SSSR count). The van der Waals surface area contributed by atoms with Gasteiger partial charge < -0.3 is 10.6 Å². The van der Waals surface area contributed by atoms with Crippen LogP contribution in [0.5, 0.6) is 0 Å². The summed E-state index contributed by atoms with van der Waals surface area (Å²) in [6.45, 7) is 2.52. The van der Waals surface area contributed by atoms with E-state index < -0.39 is 0 Å². The molecule has 1 aliphatic rings. The van der Waals surface area contributed by atoms with Crippen LogP contribution in [-0.4, -0.2) is 10.2 Å². The normalized spacial score (nSPS) is 12.8. The maximum atomic E-state index is 8.98. The molecule has 0 saturated heterocycles. The van der Waals surface area contributed by atoms with Crippen LogP contribution in [0.1, 0.15) is 22.3 Å². The van der Waals surface area contributed by atoms with Gasteiger partial charge in [-0.2, -0.15) is 10.4 Å².